The Hall–Kier alpha value is -2.14. The molecule has 0 amide bonds. The van der Waals surface area contributed by atoms with Crippen molar-refractivity contribution in [2.75, 3.05) is 0 Å². The molecule has 2 aromatic rings. The number of hydrogen-bond acceptors (Lipinski definition) is 6. The van der Waals surface area contributed by atoms with Crippen molar-refractivity contribution >= 4 is 32.4 Å². The van der Waals surface area contributed by atoms with Crippen LogP contribution in [0, 0.1) is 0 Å². The summed E-state index contributed by atoms with van der Waals surface area (Å²) in [6.45, 7) is 0. The second-order valence-electron chi connectivity index (χ2n) is 4.11. The Balaban J connectivity index is 2.53. The highest BCUT2D eigenvalue weighted by Crippen LogP contribution is 2.19. The number of hydrogen-bond donors (Lipinski definition) is 2. The van der Waals surface area contributed by atoms with E-state index < -0.39 is 25.3 Å². The van der Waals surface area contributed by atoms with Gasteiger partial charge in [0.25, 0.3) is 10.1 Å². The van der Waals surface area contributed by atoms with Crippen molar-refractivity contribution in [1.82, 2.24) is 10.2 Å². The van der Waals surface area contributed by atoms with Gasteiger partial charge in [0.2, 0.25) is 5.03 Å². The van der Waals surface area contributed by atoms with Gasteiger partial charge in [-0.05, 0) is 17.7 Å². The van der Waals surface area contributed by atoms with Crippen LogP contribution >= 0.6 is 0 Å². The van der Waals surface area contributed by atoms with Gasteiger partial charge in [0.05, 0.1) is 6.20 Å². The molecule has 1 aromatic carbocycles. The Bertz CT molecular complexity index is 858. The molecular formula is C12H10N2O6S2. The van der Waals surface area contributed by atoms with Crippen LogP contribution in [0.1, 0.15) is 11.1 Å². The second kappa shape index (κ2) is 5.93. The Labute approximate surface area is 126 Å². The first-order valence-corrected chi connectivity index (χ1v) is 8.61. The highest BCUT2D eigenvalue weighted by molar-refractivity contribution is 7.86. The van der Waals surface area contributed by atoms with Crippen LogP contribution in [0.2, 0.25) is 0 Å². The van der Waals surface area contributed by atoms with Gasteiger partial charge in [-0.3, -0.25) is 9.11 Å². The largest absolute Gasteiger partial charge is 0.314 e. The first-order chi connectivity index (χ1) is 10.2. The number of benzene rings is 1. The van der Waals surface area contributed by atoms with Crippen LogP contribution in [-0.4, -0.2) is 36.1 Å². The highest BCUT2D eigenvalue weighted by atomic mass is 32.2. The lowest BCUT2D eigenvalue weighted by Crippen LogP contribution is -2.05. The summed E-state index contributed by atoms with van der Waals surface area (Å²) in [4.78, 5) is -0.332. The van der Waals surface area contributed by atoms with Crippen LogP contribution in [0.15, 0.2) is 46.5 Å². The van der Waals surface area contributed by atoms with E-state index in [-0.39, 0.29) is 16.0 Å². The lowest BCUT2D eigenvalue weighted by atomic mass is 10.2. The van der Waals surface area contributed by atoms with E-state index in [1.54, 1.807) is 6.07 Å². The van der Waals surface area contributed by atoms with Crippen molar-refractivity contribution in [1.29, 1.82) is 0 Å². The molecule has 2 N–H and O–H groups in total. The average molecular weight is 342 g/mol. The lowest BCUT2D eigenvalue weighted by molar-refractivity contribution is 0.476. The SMILES string of the molecule is O=S(=O)(O)c1ccccc1C=Cc1ccnnc1S(=O)(=O)O. The fourth-order valence-corrected chi connectivity index (χ4v) is 2.96. The van der Waals surface area contributed by atoms with Gasteiger partial charge in [-0.1, -0.05) is 30.4 Å². The van der Waals surface area contributed by atoms with Crippen LogP contribution in [0.4, 0.5) is 0 Å². The molecule has 116 valence electrons. The summed E-state index contributed by atoms with van der Waals surface area (Å²) >= 11 is 0. The molecular weight excluding hydrogens is 332 g/mol. The molecule has 0 aliphatic carbocycles. The molecule has 8 nitrogen and oxygen atoms in total. The van der Waals surface area contributed by atoms with Crippen molar-refractivity contribution in [3.63, 3.8) is 0 Å². The van der Waals surface area contributed by atoms with Crippen molar-refractivity contribution in [2.24, 2.45) is 0 Å². The molecule has 0 spiro atoms. The summed E-state index contributed by atoms with van der Waals surface area (Å²) in [5.41, 5.74) is 0.158. The van der Waals surface area contributed by atoms with Crippen LogP contribution in [0.25, 0.3) is 12.2 Å². The van der Waals surface area contributed by atoms with Crippen LogP contribution < -0.4 is 0 Å². The standard InChI is InChI=1S/C12H10N2O6S2/c15-21(16,17)11-4-2-1-3-9(11)5-6-10-7-8-13-14-12(10)22(18,19)20/h1-8H,(H,15,16,17)(H,18,19,20). The lowest BCUT2D eigenvalue weighted by Gasteiger charge is -2.03. The average Bonchev–Trinajstić information content (AvgIpc) is 2.44. The monoisotopic (exact) mass is 342 g/mol. The molecule has 0 radical (unpaired) electrons. The molecule has 0 atom stereocenters. The third-order valence-corrected chi connectivity index (χ3v) is 4.33. The van der Waals surface area contributed by atoms with Gasteiger partial charge < -0.3 is 0 Å². The molecule has 0 saturated heterocycles. The smallest absolute Gasteiger partial charge is 0.282 e. The van der Waals surface area contributed by atoms with E-state index in [0.29, 0.717) is 0 Å². The number of rotatable bonds is 4. The molecule has 0 aliphatic rings. The predicted octanol–water partition coefficient (Wildman–Crippen LogP) is 1.14. The highest BCUT2D eigenvalue weighted by Gasteiger charge is 2.17. The maximum absolute atomic E-state index is 11.3. The molecule has 0 bridgehead atoms. The quantitative estimate of drug-likeness (QED) is 0.790. The first-order valence-electron chi connectivity index (χ1n) is 5.73. The minimum absolute atomic E-state index is 0.0163. The first kappa shape index (κ1) is 16.2. The van der Waals surface area contributed by atoms with Crippen LogP contribution in [0.5, 0.6) is 0 Å². The second-order valence-corrected chi connectivity index (χ2v) is 6.84. The third kappa shape index (κ3) is 3.74. The normalized spacial score (nSPS) is 12.6. The molecule has 0 unspecified atom stereocenters. The maximum atomic E-state index is 11.3. The topological polar surface area (TPSA) is 135 Å². The zero-order valence-corrected chi connectivity index (χ0v) is 12.5. The number of aromatic nitrogens is 2. The summed E-state index contributed by atoms with van der Waals surface area (Å²) in [6, 6.07) is 6.87. The fourth-order valence-electron chi connectivity index (χ4n) is 1.69. The van der Waals surface area contributed by atoms with Gasteiger partial charge in [-0.25, -0.2) is 0 Å². The van der Waals surface area contributed by atoms with Gasteiger partial charge >= 0.3 is 10.1 Å². The molecule has 1 heterocycles. The predicted molar refractivity (Wildman–Crippen MR) is 77.0 cm³/mol. The Kier molecular flexibility index (Phi) is 4.37. The Morgan fingerprint density at radius 1 is 0.864 bits per heavy atom. The minimum atomic E-state index is -4.57. The molecule has 2 rings (SSSR count). The van der Waals surface area contributed by atoms with Crippen molar-refractivity contribution in [3.8, 4) is 0 Å². The van der Waals surface area contributed by atoms with Crippen LogP contribution in [0.3, 0.4) is 0 Å². The zero-order chi connectivity index (χ0) is 16.4. The minimum Gasteiger partial charge on any atom is -0.282 e. The Morgan fingerprint density at radius 3 is 2.14 bits per heavy atom. The van der Waals surface area contributed by atoms with Gasteiger partial charge in [0.1, 0.15) is 4.90 Å². The van der Waals surface area contributed by atoms with Gasteiger partial charge in [-0.15, -0.1) is 5.10 Å². The van der Waals surface area contributed by atoms with Gasteiger partial charge in [0.15, 0.2) is 0 Å². The summed E-state index contributed by atoms with van der Waals surface area (Å²) < 4.78 is 63.0. The summed E-state index contributed by atoms with van der Waals surface area (Å²) in [5.74, 6) is 0. The molecule has 22 heavy (non-hydrogen) atoms. The van der Waals surface area contributed by atoms with E-state index in [9.17, 15) is 16.8 Å². The van der Waals surface area contributed by atoms with Crippen molar-refractivity contribution in [2.45, 2.75) is 9.92 Å². The molecule has 0 saturated carbocycles. The van der Waals surface area contributed by atoms with E-state index in [2.05, 4.69) is 10.2 Å². The summed E-state index contributed by atoms with van der Waals surface area (Å²) in [6.07, 6.45) is 3.72. The molecule has 0 aliphatic heterocycles. The fraction of sp³-hybridized carbons (Fsp3) is 0. The number of nitrogens with zero attached hydrogens (tertiary/aromatic N) is 2. The molecule has 10 heteroatoms. The van der Waals surface area contributed by atoms with E-state index in [1.807, 2.05) is 0 Å². The van der Waals surface area contributed by atoms with E-state index in [1.165, 1.54) is 42.6 Å². The zero-order valence-electron chi connectivity index (χ0n) is 10.9. The van der Waals surface area contributed by atoms with E-state index >= 15 is 0 Å². The molecule has 1 aromatic heterocycles. The Morgan fingerprint density at radius 2 is 1.50 bits per heavy atom. The third-order valence-electron chi connectivity index (χ3n) is 2.60. The van der Waals surface area contributed by atoms with Crippen LogP contribution in [-0.2, 0) is 20.2 Å². The summed E-state index contributed by atoms with van der Waals surface area (Å²) in [7, 11) is -8.99. The van der Waals surface area contributed by atoms with E-state index in [0.717, 1.165) is 0 Å². The van der Waals surface area contributed by atoms with Gasteiger partial charge in [-0.2, -0.15) is 21.9 Å². The van der Waals surface area contributed by atoms with Crippen molar-refractivity contribution in [3.05, 3.63) is 47.7 Å². The maximum Gasteiger partial charge on any atom is 0.314 e. The van der Waals surface area contributed by atoms with E-state index in [4.69, 9.17) is 9.11 Å². The molecule has 0 fully saturated rings. The van der Waals surface area contributed by atoms with Gasteiger partial charge in [0, 0.05) is 5.56 Å². The summed E-state index contributed by atoms with van der Waals surface area (Å²) in [5, 5.41) is 6.03. The van der Waals surface area contributed by atoms with Crippen molar-refractivity contribution < 1.29 is 25.9 Å².